The van der Waals surface area contributed by atoms with Crippen LogP contribution in [-0.2, 0) is 17.8 Å². The van der Waals surface area contributed by atoms with Crippen molar-refractivity contribution in [1.29, 1.82) is 0 Å². The number of likely N-dealkylation sites (N-methyl/N-ethyl adjacent to an activating group) is 1. The molecule has 0 saturated carbocycles. The summed E-state index contributed by atoms with van der Waals surface area (Å²) in [6.45, 7) is 2.66. The molecule has 0 aromatic heterocycles. The van der Waals surface area contributed by atoms with Gasteiger partial charge in [0.1, 0.15) is 11.6 Å². The van der Waals surface area contributed by atoms with Crippen molar-refractivity contribution in [3.63, 3.8) is 0 Å². The molecule has 0 spiro atoms. The standard InChI is InChI=1S/C18H19ClFNO2/c1-3-23-14-9-7-13(8-10-14)11-18(22)21(2)12-15-16(19)5-4-6-17(15)20/h4-10H,3,11-12H2,1-2H3. The fourth-order valence-electron chi connectivity index (χ4n) is 2.19. The molecule has 0 aliphatic rings. The minimum absolute atomic E-state index is 0.103. The van der Waals surface area contributed by atoms with Gasteiger partial charge in [0, 0.05) is 24.2 Å². The lowest BCUT2D eigenvalue weighted by Gasteiger charge is -2.18. The first-order valence-corrected chi connectivity index (χ1v) is 7.77. The largest absolute Gasteiger partial charge is 0.494 e. The zero-order valence-electron chi connectivity index (χ0n) is 13.2. The van der Waals surface area contributed by atoms with Crippen molar-refractivity contribution in [3.8, 4) is 5.75 Å². The average Bonchev–Trinajstić information content (AvgIpc) is 2.53. The van der Waals surface area contributed by atoms with Gasteiger partial charge >= 0.3 is 0 Å². The summed E-state index contributed by atoms with van der Waals surface area (Å²) in [7, 11) is 1.64. The molecule has 0 radical (unpaired) electrons. The Morgan fingerprint density at radius 2 is 1.91 bits per heavy atom. The first-order chi connectivity index (χ1) is 11.0. The van der Waals surface area contributed by atoms with E-state index >= 15 is 0 Å². The van der Waals surface area contributed by atoms with E-state index in [1.807, 2.05) is 31.2 Å². The molecule has 0 saturated heterocycles. The summed E-state index contributed by atoms with van der Waals surface area (Å²) >= 11 is 5.99. The number of hydrogen-bond donors (Lipinski definition) is 0. The Bertz CT molecular complexity index is 653. The topological polar surface area (TPSA) is 29.5 Å². The molecule has 2 rings (SSSR count). The first-order valence-electron chi connectivity index (χ1n) is 7.40. The van der Waals surface area contributed by atoms with E-state index in [0.29, 0.717) is 17.2 Å². The highest BCUT2D eigenvalue weighted by Gasteiger charge is 2.14. The summed E-state index contributed by atoms with van der Waals surface area (Å²) in [6.07, 6.45) is 0.245. The van der Waals surface area contributed by atoms with Gasteiger partial charge in [0.05, 0.1) is 13.0 Å². The van der Waals surface area contributed by atoms with Crippen molar-refractivity contribution in [3.05, 3.63) is 64.4 Å². The van der Waals surface area contributed by atoms with E-state index in [9.17, 15) is 9.18 Å². The van der Waals surface area contributed by atoms with E-state index in [0.717, 1.165) is 11.3 Å². The second-order valence-electron chi connectivity index (χ2n) is 5.20. The van der Waals surface area contributed by atoms with Crippen LogP contribution in [0.1, 0.15) is 18.1 Å². The predicted molar refractivity (Wildman–Crippen MR) is 89.2 cm³/mol. The molecule has 1 amide bonds. The maximum Gasteiger partial charge on any atom is 0.227 e. The molecule has 5 heteroatoms. The van der Waals surface area contributed by atoms with Gasteiger partial charge < -0.3 is 9.64 Å². The molecule has 0 aliphatic heterocycles. The first kappa shape index (κ1) is 17.3. The van der Waals surface area contributed by atoms with Crippen LogP contribution in [0.3, 0.4) is 0 Å². The van der Waals surface area contributed by atoms with Crippen LogP contribution in [0.25, 0.3) is 0 Å². The summed E-state index contributed by atoms with van der Waals surface area (Å²) < 4.78 is 19.1. The molecule has 2 aromatic carbocycles. The molecule has 122 valence electrons. The number of carbonyl (C=O) groups is 1. The van der Waals surface area contributed by atoms with Crippen LogP contribution in [0.2, 0.25) is 5.02 Å². The third-order valence-corrected chi connectivity index (χ3v) is 3.83. The number of ether oxygens (including phenoxy) is 1. The summed E-state index contributed by atoms with van der Waals surface area (Å²) in [5.74, 6) is 0.266. The lowest BCUT2D eigenvalue weighted by Crippen LogP contribution is -2.28. The van der Waals surface area contributed by atoms with Gasteiger partial charge in [-0.05, 0) is 36.8 Å². The molecule has 23 heavy (non-hydrogen) atoms. The Balaban J connectivity index is 1.99. The fraction of sp³-hybridized carbons (Fsp3) is 0.278. The quantitative estimate of drug-likeness (QED) is 0.796. The van der Waals surface area contributed by atoms with Crippen LogP contribution < -0.4 is 4.74 Å². The van der Waals surface area contributed by atoms with Crippen LogP contribution in [0.5, 0.6) is 5.75 Å². The molecular weight excluding hydrogens is 317 g/mol. The Morgan fingerprint density at radius 1 is 1.22 bits per heavy atom. The fourth-order valence-corrected chi connectivity index (χ4v) is 2.41. The highest BCUT2D eigenvalue weighted by Crippen LogP contribution is 2.21. The summed E-state index contributed by atoms with van der Waals surface area (Å²) in [6, 6.07) is 11.9. The number of nitrogens with zero attached hydrogens (tertiary/aromatic N) is 1. The van der Waals surface area contributed by atoms with E-state index < -0.39 is 5.82 Å². The minimum Gasteiger partial charge on any atom is -0.494 e. The van der Waals surface area contributed by atoms with Crippen LogP contribution in [0.15, 0.2) is 42.5 Å². The number of amides is 1. The third kappa shape index (κ3) is 4.70. The van der Waals surface area contributed by atoms with Gasteiger partial charge in [-0.15, -0.1) is 0 Å². The number of benzene rings is 2. The Morgan fingerprint density at radius 3 is 2.52 bits per heavy atom. The van der Waals surface area contributed by atoms with E-state index in [4.69, 9.17) is 16.3 Å². The van der Waals surface area contributed by atoms with Gasteiger partial charge in [0.2, 0.25) is 5.91 Å². The van der Waals surface area contributed by atoms with Gasteiger partial charge in [-0.3, -0.25) is 4.79 Å². The highest BCUT2D eigenvalue weighted by atomic mass is 35.5. The van der Waals surface area contributed by atoms with Crippen molar-refractivity contribution < 1.29 is 13.9 Å². The maximum atomic E-state index is 13.8. The molecule has 0 aliphatic carbocycles. The second kappa shape index (κ2) is 7.97. The van der Waals surface area contributed by atoms with Crippen molar-refractivity contribution >= 4 is 17.5 Å². The number of carbonyl (C=O) groups excluding carboxylic acids is 1. The lowest BCUT2D eigenvalue weighted by atomic mass is 10.1. The molecule has 3 nitrogen and oxygen atoms in total. The molecule has 0 fully saturated rings. The van der Waals surface area contributed by atoms with Gasteiger partial charge in [0.25, 0.3) is 0 Å². The van der Waals surface area contributed by atoms with Crippen molar-refractivity contribution in [2.45, 2.75) is 19.9 Å². The number of rotatable bonds is 6. The summed E-state index contributed by atoms with van der Waals surface area (Å²) in [5.41, 5.74) is 1.21. The van der Waals surface area contributed by atoms with Crippen LogP contribution in [0.4, 0.5) is 4.39 Å². The van der Waals surface area contributed by atoms with Crippen LogP contribution >= 0.6 is 11.6 Å². The average molecular weight is 336 g/mol. The van der Waals surface area contributed by atoms with E-state index in [2.05, 4.69) is 0 Å². The summed E-state index contributed by atoms with van der Waals surface area (Å²) in [5, 5.41) is 0.325. The second-order valence-corrected chi connectivity index (χ2v) is 5.61. The van der Waals surface area contributed by atoms with Crippen molar-refractivity contribution in [2.75, 3.05) is 13.7 Å². The molecule has 0 heterocycles. The Labute approximate surface area is 140 Å². The minimum atomic E-state index is -0.404. The van der Waals surface area contributed by atoms with Gasteiger partial charge in [-0.1, -0.05) is 29.8 Å². The van der Waals surface area contributed by atoms with Gasteiger partial charge in [0.15, 0.2) is 0 Å². The van der Waals surface area contributed by atoms with Crippen LogP contribution in [-0.4, -0.2) is 24.5 Å². The van der Waals surface area contributed by atoms with E-state index in [-0.39, 0.29) is 18.9 Å². The monoisotopic (exact) mass is 335 g/mol. The molecule has 2 aromatic rings. The van der Waals surface area contributed by atoms with E-state index in [1.54, 1.807) is 19.2 Å². The molecule has 0 unspecified atom stereocenters. The van der Waals surface area contributed by atoms with Crippen molar-refractivity contribution in [2.24, 2.45) is 0 Å². The molecular formula is C18H19ClFNO2. The maximum absolute atomic E-state index is 13.8. The third-order valence-electron chi connectivity index (χ3n) is 3.47. The number of hydrogen-bond acceptors (Lipinski definition) is 2. The smallest absolute Gasteiger partial charge is 0.227 e. The van der Waals surface area contributed by atoms with Crippen LogP contribution in [0, 0.1) is 5.82 Å². The Hall–Kier alpha value is -2.07. The highest BCUT2D eigenvalue weighted by molar-refractivity contribution is 6.31. The predicted octanol–water partition coefficient (Wildman–Crippen LogP) is 4.08. The normalized spacial score (nSPS) is 10.4. The number of halogens is 2. The molecule has 0 bridgehead atoms. The SMILES string of the molecule is CCOc1ccc(CC(=O)N(C)Cc2c(F)cccc2Cl)cc1. The van der Waals surface area contributed by atoms with Gasteiger partial charge in [-0.2, -0.15) is 0 Å². The van der Waals surface area contributed by atoms with Crippen molar-refractivity contribution in [1.82, 2.24) is 4.90 Å². The Kier molecular flexibility index (Phi) is 5.99. The zero-order valence-corrected chi connectivity index (χ0v) is 13.9. The van der Waals surface area contributed by atoms with Gasteiger partial charge in [-0.25, -0.2) is 4.39 Å². The molecule has 0 N–H and O–H groups in total. The zero-order chi connectivity index (χ0) is 16.8. The molecule has 0 atom stereocenters. The lowest BCUT2D eigenvalue weighted by molar-refractivity contribution is -0.129. The summed E-state index contributed by atoms with van der Waals surface area (Å²) in [4.78, 5) is 13.8. The van der Waals surface area contributed by atoms with E-state index in [1.165, 1.54) is 11.0 Å².